The summed E-state index contributed by atoms with van der Waals surface area (Å²) >= 11 is 3.09. The maximum atomic E-state index is 11.7. The van der Waals surface area contributed by atoms with Crippen molar-refractivity contribution in [2.24, 2.45) is 0 Å². The van der Waals surface area contributed by atoms with Crippen LogP contribution in [0.3, 0.4) is 0 Å². The van der Waals surface area contributed by atoms with E-state index in [2.05, 4.69) is 15.9 Å². The molecule has 0 bridgehead atoms. The first-order valence-electron chi connectivity index (χ1n) is 5.19. The van der Waals surface area contributed by atoms with Crippen LogP contribution in [0.1, 0.15) is 23.2 Å². The van der Waals surface area contributed by atoms with E-state index >= 15 is 0 Å². The topological polar surface area (TPSA) is 54.5 Å². The van der Waals surface area contributed by atoms with Gasteiger partial charge in [-0.15, -0.1) is 0 Å². The van der Waals surface area contributed by atoms with Crippen LogP contribution < -0.4 is 4.90 Å². The minimum atomic E-state index is -0.246. The molecule has 0 aromatic heterocycles. The van der Waals surface area contributed by atoms with E-state index < -0.39 is 0 Å². The molecule has 0 radical (unpaired) electrons. The molecule has 1 aliphatic rings. The number of Topliss-reactive ketones (excluding diaryl/α,β-unsaturated/α-hetero) is 1. The predicted octanol–water partition coefficient (Wildman–Crippen LogP) is 1.92. The van der Waals surface area contributed by atoms with Crippen molar-refractivity contribution < 1.29 is 14.4 Å². The summed E-state index contributed by atoms with van der Waals surface area (Å²) < 4.78 is 0. The van der Waals surface area contributed by atoms with Gasteiger partial charge in [-0.2, -0.15) is 0 Å². The number of nitrogens with zero attached hydrogens (tertiary/aromatic N) is 1. The van der Waals surface area contributed by atoms with Crippen molar-refractivity contribution in [1.82, 2.24) is 0 Å². The first kappa shape index (κ1) is 12.0. The number of amides is 2. The lowest BCUT2D eigenvalue weighted by atomic mass is 10.1. The van der Waals surface area contributed by atoms with Crippen LogP contribution in [-0.4, -0.2) is 22.9 Å². The molecule has 0 spiro atoms. The van der Waals surface area contributed by atoms with Gasteiger partial charge in [-0.05, 0) is 12.1 Å². The molecule has 1 fully saturated rings. The van der Waals surface area contributed by atoms with Gasteiger partial charge in [-0.25, -0.2) is 4.90 Å². The van der Waals surface area contributed by atoms with E-state index in [0.29, 0.717) is 11.3 Å². The van der Waals surface area contributed by atoms with Gasteiger partial charge in [-0.1, -0.05) is 28.1 Å². The quantitative estimate of drug-likeness (QED) is 0.486. The molecule has 1 heterocycles. The lowest BCUT2D eigenvalue weighted by molar-refractivity contribution is -0.121. The molecule has 5 heteroatoms. The SMILES string of the molecule is O=C(CBr)c1ccccc1N1C(=O)CCC1=O. The molecule has 0 saturated carbocycles. The fourth-order valence-electron chi connectivity index (χ4n) is 1.82. The van der Waals surface area contributed by atoms with Gasteiger partial charge in [0.25, 0.3) is 0 Å². The number of benzene rings is 1. The molecule has 1 aromatic carbocycles. The van der Waals surface area contributed by atoms with Crippen molar-refractivity contribution in [3.8, 4) is 0 Å². The Morgan fingerprint density at radius 3 is 2.35 bits per heavy atom. The molecule has 0 aliphatic carbocycles. The first-order valence-corrected chi connectivity index (χ1v) is 6.31. The molecule has 1 aliphatic heterocycles. The summed E-state index contributed by atoms with van der Waals surface area (Å²) in [6.07, 6.45) is 0.436. The highest BCUT2D eigenvalue weighted by Crippen LogP contribution is 2.26. The number of alkyl halides is 1. The molecular weight excluding hydrogens is 286 g/mol. The molecule has 2 amide bonds. The smallest absolute Gasteiger partial charge is 0.234 e. The average molecular weight is 296 g/mol. The van der Waals surface area contributed by atoms with Crippen molar-refractivity contribution >= 4 is 39.2 Å². The second kappa shape index (κ2) is 4.79. The summed E-state index contributed by atoms with van der Waals surface area (Å²) in [5.41, 5.74) is 0.789. The Morgan fingerprint density at radius 2 is 1.76 bits per heavy atom. The number of anilines is 1. The third-order valence-corrected chi connectivity index (χ3v) is 3.13. The molecule has 1 saturated heterocycles. The van der Waals surface area contributed by atoms with Gasteiger partial charge in [0.15, 0.2) is 5.78 Å². The maximum absolute atomic E-state index is 11.7. The lowest BCUT2D eigenvalue weighted by Crippen LogP contribution is -2.30. The second-order valence-corrected chi connectivity index (χ2v) is 4.26. The van der Waals surface area contributed by atoms with Gasteiger partial charge < -0.3 is 0 Å². The van der Waals surface area contributed by atoms with Crippen molar-refractivity contribution in [2.75, 3.05) is 10.2 Å². The number of carbonyl (C=O) groups excluding carboxylic acids is 3. The fraction of sp³-hybridized carbons (Fsp3) is 0.250. The predicted molar refractivity (Wildman–Crippen MR) is 66.3 cm³/mol. The van der Waals surface area contributed by atoms with Crippen LogP contribution in [0.2, 0.25) is 0 Å². The van der Waals surface area contributed by atoms with Crippen LogP contribution in [0.25, 0.3) is 0 Å². The number of ketones is 1. The highest BCUT2D eigenvalue weighted by atomic mass is 79.9. The molecule has 0 unspecified atom stereocenters. The molecule has 17 heavy (non-hydrogen) atoms. The number of rotatable bonds is 3. The summed E-state index contributed by atoms with van der Waals surface area (Å²) in [4.78, 5) is 36.1. The van der Waals surface area contributed by atoms with Gasteiger partial charge >= 0.3 is 0 Å². The molecule has 0 atom stereocenters. The highest BCUT2D eigenvalue weighted by Gasteiger charge is 2.32. The second-order valence-electron chi connectivity index (χ2n) is 3.70. The number of halogens is 1. The third-order valence-electron chi connectivity index (χ3n) is 2.62. The monoisotopic (exact) mass is 295 g/mol. The van der Waals surface area contributed by atoms with Gasteiger partial charge in [0.2, 0.25) is 11.8 Å². The van der Waals surface area contributed by atoms with E-state index in [4.69, 9.17) is 0 Å². The summed E-state index contributed by atoms with van der Waals surface area (Å²) in [6, 6.07) is 6.67. The number of hydrogen-bond acceptors (Lipinski definition) is 3. The molecule has 1 aromatic rings. The van der Waals surface area contributed by atoms with Crippen molar-refractivity contribution in [1.29, 1.82) is 0 Å². The van der Waals surface area contributed by atoms with Gasteiger partial charge in [0.1, 0.15) is 0 Å². The first-order chi connectivity index (χ1) is 8.15. The van der Waals surface area contributed by atoms with Crippen molar-refractivity contribution in [3.05, 3.63) is 29.8 Å². The highest BCUT2D eigenvalue weighted by molar-refractivity contribution is 9.09. The number of para-hydroxylation sites is 1. The molecule has 0 N–H and O–H groups in total. The van der Waals surface area contributed by atoms with E-state index in [0.717, 1.165) is 4.90 Å². The zero-order valence-corrected chi connectivity index (χ0v) is 10.6. The van der Waals surface area contributed by atoms with E-state index in [1.165, 1.54) is 0 Å². The Morgan fingerprint density at radius 1 is 1.18 bits per heavy atom. The Labute approximate surface area is 107 Å². The molecule has 88 valence electrons. The molecular formula is C12H10BrNO3. The van der Waals surface area contributed by atoms with E-state index in [1.807, 2.05) is 0 Å². The van der Waals surface area contributed by atoms with Crippen LogP contribution in [-0.2, 0) is 9.59 Å². The Hall–Kier alpha value is -1.49. The van der Waals surface area contributed by atoms with E-state index in [1.54, 1.807) is 24.3 Å². The largest absolute Gasteiger partial charge is 0.293 e. The van der Waals surface area contributed by atoms with Gasteiger partial charge in [0.05, 0.1) is 11.0 Å². The minimum absolute atomic E-state index is 0.145. The lowest BCUT2D eigenvalue weighted by Gasteiger charge is -2.16. The van der Waals surface area contributed by atoms with Crippen LogP contribution in [0.15, 0.2) is 24.3 Å². The standard InChI is InChI=1S/C12H10BrNO3/c13-7-10(15)8-3-1-2-4-9(8)14-11(16)5-6-12(14)17/h1-4H,5-7H2. The van der Waals surface area contributed by atoms with Gasteiger partial charge in [0, 0.05) is 18.4 Å². The fourth-order valence-corrected chi connectivity index (χ4v) is 2.12. The minimum Gasteiger partial charge on any atom is -0.293 e. The zero-order valence-electron chi connectivity index (χ0n) is 8.98. The summed E-state index contributed by atoms with van der Waals surface area (Å²) in [5.74, 6) is -0.636. The normalized spacial score (nSPS) is 15.5. The summed E-state index contributed by atoms with van der Waals surface area (Å²) in [6.45, 7) is 0. The Bertz CT molecular complexity index is 482. The van der Waals surface area contributed by atoms with Crippen molar-refractivity contribution in [2.45, 2.75) is 12.8 Å². The van der Waals surface area contributed by atoms with E-state index in [-0.39, 0.29) is 35.8 Å². The van der Waals surface area contributed by atoms with Crippen LogP contribution in [0.5, 0.6) is 0 Å². The van der Waals surface area contributed by atoms with Crippen LogP contribution >= 0.6 is 15.9 Å². The Kier molecular flexibility index (Phi) is 3.38. The van der Waals surface area contributed by atoms with E-state index in [9.17, 15) is 14.4 Å². The van der Waals surface area contributed by atoms with Crippen LogP contribution in [0.4, 0.5) is 5.69 Å². The zero-order chi connectivity index (χ0) is 12.4. The number of hydrogen-bond donors (Lipinski definition) is 0. The molecule has 2 rings (SSSR count). The number of imide groups is 1. The summed E-state index contributed by atoms with van der Waals surface area (Å²) in [7, 11) is 0. The average Bonchev–Trinajstić information content (AvgIpc) is 2.68. The van der Waals surface area contributed by atoms with Gasteiger partial charge in [-0.3, -0.25) is 14.4 Å². The van der Waals surface area contributed by atoms with Crippen LogP contribution in [0, 0.1) is 0 Å². The maximum Gasteiger partial charge on any atom is 0.234 e. The Balaban J connectivity index is 2.48. The molecule has 4 nitrogen and oxygen atoms in total. The number of carbonyl (C=O) groups is 3. The third kappa shape index (κ3) is 2.15. The summed E-state index contributed by atoms with van der Waals surface area (Å²) in [5, 5.41) is 0.167. The van der Waals surface area contributed by atoms with Crippen molar-refractivity contribution in [3.63, 3.8) is 0 Å².